The quantitative estimate of drug-likeness (QED) is 0.0474. The second-order valence-corrected chi connectivity index (χ2v) is 15.8. The summed E-state index contributed by atoms with van der Waals surface area (Å²) in [5.74, 6) is 0.0290. The molecule has 0 aromatic heterocycles. The topological polar surface area (TPSA) is 26.3 Å². The first-order valence-electron chi connectivity index (χ1n) is 23.0. The molecule has 0 atom stereocenters. The Morgan fingerprint density at radius 1 is 0.271 bits per heavy atom. The van der Waals surface area contributed by atoms with Gasteiger partial charge in [0.15, 0.2) is 0 Å². The van der Waals surface area contributed by atoms with Gasteiger partial charge in [-0.1, -0.05) is 264 Å². The summed E-state index contributed by atoms with van der Waals surface area (Å²) in [7, 11) is 0. The number of hydrogen-bond donors (Lipinski definition) is 0. The van der Waals surface area contributed by atoms with Crippen molar-refractivity contribution >= 4 is 5.97 Å². The van der Waals surface area contributed by atoms with E-state index in [1.807, 2.05) is 0 Å². The molecule has 0 aliphatic carbocycles. The Morgan fingerprint density at radius 3 is 0.688 bits per heavy atom. The predicted octanol–water partition coefficient (Wildman–Crippen LogP) is 17.0. The first-order valence-corrected chi connectivity index (χ1v) is 23.0. The number of unbranched alkanes of at least 4 members (excludes halogenated alkanes) is 39. The van der Waals surface area contributed by atoms with Crippen LogP contribution in [0.5, 0.6) is 0 Å². The van der Waals surface area contributed by atoms with Crippen LogP contribution in [0.15, 0.2) is 0 Å². The molecule has 0 unspecified atom stereocenters. The highest BCUT2D eigenvalue weighted by atomic mass is 16.5. The monoisotopic (exact) mass is 677 g/mol. The molecule has 0 bridgehead atoms. The van der Waals surface area contributed by atoms with Crippen LogP contribution < -0.4 is 0 Å². The normalized spacial score (nSPS) is 11.5. The summed E-state index contributed by atoms with van der Waals surface area (Å²) in [6.45, 7) is 5.22. The highest BCUT2D eigenvalue weighted by molar-refractivity contribution is 5.69. The number of ether oxygens (including phenoxy) is 1. The van der Waals surface area contributed by atoms with Crippen molar-refractivity contribution in [3.05, 3.63) is 0 Å². The molecule has 0 aromatic rings. The van der Waals surface area contributed by atoms with Gasteiger partial charge in [-0.2, -0.15) is 0 Å². The zero-order chi connectivity index (χ0) is 34.7. The van der Waals surface area contributed by atoms with Gasteiger partial charge in [0.2, 0.25) is 0 Å². The number of hydrogen-bond acceptors (Lipinski definition) is 2. The first-order chi connectivity index (χ1) is 23.8. The van der Waals surface area contributed by atoms with E-state index in [0.717, 1.165) is 12.8 Å². The highest BCUT2D eigenvalue weighted by Gasteiger charge is 2.03. The maximum atomic E-state index is 11.9. The summed E-state index contributed by atoms with van der Waals surface area (Å²) in [6, 6.07) is 0. The second kappa shape index (κ2) is 44.5. The average molecular weight is 677 g/mol. The fraction of sp³-hybridized carbons (Fsp3) is 0.978. The molecule has 0 aliphatic rings. The largest absolute Gasteiger partial charge is 0.466 e. The molecule has 0 amide bonds. The number of esters is 1. The van der Waals surface area contributed by atoms with Crippen LogP contribution in [0.2, 0.25) is 0 Å². The molecule has 0 fully saturated rings. The van der Waals surface area contributed by atoms with E-state index >= 15 is 0 Å². The Kier molecular flexibility index (Phi) is 44.0. The predicted molar refractivity (Wildman–Crippen MR) is 216 cm³/mol. The Hall–Kier alpha value is -0.530. The van der Waals surface area contributed by atoms with Crippen molar-refractivity contribution in [3.8, 4) is 0 Å². The standard InChI is InChI=1S/C46H92O2/c1-3-5-7-9-11-13-15-16-17-18-19-20-21-22-23-24-25-26-27-28-29-30-31-32-33-34-35-36-38-40-42-44-46(47)48-45-43-41-39-37-14-12-10-8-6-4-2/h3-45H2,1-2H3. The molecule has 0 N–H and O–H groups in total. The summed E-state index contributed by atoms with van der Waals surface area (Å²) in [6.07, 6.45) is 58.0. The lowest BCUT2D eigenvalue weighted by atomic mass is 10.0. The third-order valence-corrected chi connectivity index (χ3v) is 10.7. The highest BCUT2D eigenvalue weighted by Crippen LogP contribution is 2.17. The lowest BCUT2D eigenvalue weighted by molar-refractivity contribution is -0.143. The molecule has 0 heterocycles. The van der Waals surface area contributed by atoms with Gasteiger partial charge in [0.05, 0.1) is 6.61 Å². The Balaban J connectivity index is 3.11. The van der Waals surface area contributed by atoms with Gasteiger partial charge in [0.1, 0.15) is 0 Å². The molecular weight excluding hydrogens is 585 g/mol. The summed E-state index contributed by atoms with van der Waals surface area (Å²) in [5, 5.41) is 0. The number of carbonyl (C=O) groups excluding carboxylic acids is 1. The van der Waals surface area contributed by atoms with Gasteiger partial charge in [-0.15, -0.1) is 0 Å². The molecule has 2 heteroatoms. The zero-order valence-corrected chi connectivity index (χ0v) is 33.7. The average Bonchev–Trinajstić information content (AvgIpc) is 3.09. The van der Waals surface area contributed by atoms with E-state index in [2.05, 4.69) is 13.8 Å². The van der Waals surface area contributed by atoms with Crippen molar-refractivity contribution in [2.45, 2.75) is 284 Å². The maximum Gasteiger partial charge on any atom is 0.305 e. The molecule has 0 radical (unpaired) electrons. The van der Waals surface area contributed by atoms with Crippen LogP contribution in [-0.2, 0) is 9.53 Å². The number of rotatable bonds is 43. The van der Waals surface area contributed by atoms with Crippen molar-refractivity contribution in [2.75, 3.05) is 6.61 Å². The minimum Gasteiger partial charge on any atom is -0.466 e. The SMILES string of the molecule is CCCCCCCCCCCCCCCCCCCCCCCCCCCCCCCCCC(=O)OCCCCCCCCCCCC. The molecule has 48 heavy (non-hydrogen) atoms. The molecule has 0 aliphatic heterocycles. The Morgan fingerprint density at radius 2 is 0.458 bits per heavy atom. The molecule has 0 spiro atoms. The Bertz CT molecular complexity index is 572. The lowest BCUT2D eigenvalue weighted by Crippen LogP contribution is -2.05. The van der Waals surface area contributed by atoms with Crippen LogP contribution in [-0.4, -0.2) is 12.6 Å². The lowest BCUT2D eigenvalue weighted by Gasteiger charge is -2.06. The van der Waals surface area contributed by atoms with E-state index < -0.39 is 0 Å². The zero-order valence-electron chi connectivity index (χ0n) is 33.7. The van der Waals surface area contributed by atoms with E-state index in [-0.39, 0.29) is 5.97 Å². The van der Waals surface area contributed by atoms with Gasteiger partial charge >= 0.3 is 5.97 Å². The van der Waals surface area contributed by atoms with E-state index in [9.17, 15) is 4.79 Å². The van der Waals surface area contributed by atoms with Gasteiger partial charge in [-0.25, -0.2) is 0 Å². The first kappa shape index (κ1) is 47.5. The van der Waals surface area contributed by atoms with Gasteiger partial charge in [-0.3, -0.25) is 4.79 Å². The Labute approximate surface area is 304 Å². The second-order valence-electron chi connectivity index (χ2n) is 15.8. The number of carbonyl (C=O) groups is 1. The summed E-state index contributed by atoms with van der Waals surface area (Å²) >= 11 is 0. The summed E-state index contributed by atoms with van der Waals surface area (Å²) < 4.78 is 5.44. The third kappa shape index (κ3) is 43.5. The van der Waals surface area contributed by atoms with Crippen molar-refractivity contribution < 1.29 is 9.53 Å². The third-order valence-electron chi connectivity index (χ3n) is 10.7. The van der Waals surface area contributed by atoms with Gasteiger partial charge in [0, 0.05) is 6.42 Å². The van der Waals surface area contributed by atoms with Crippen molar-refractivity contribution in [3.63, 3.8) is 0 Å². The van der Waals surface area contributed by atoms with E-state index in [1.54, 1.807) is 0 Å². The molecule has 0 saturated carbocycles. The van der Waals surface area contributed by atoms with Gasteiger partial charge < -0.3 is 4.74 Å². The minimum atomic E-state index is 0.0290. The van der Waals surface area contributed by atoms with Crippen LogP contribution in [0, 0.1) is 0 Å². The smallest absolute Gasteiger partial charge is 0.305 e. The van der Waals surface area contributed by atoms with E-state index in [0.29, 0.717) is 13.0 Å². The van der Waals surface area contributed by atoms with Crippen molar-refractivity contribution in [1.29, 1.82) is 0 Å². The van der Waals surface area contributed by atoms with Crippen LogP contribution >= 0.6 is 0 Å². The summed E-state index contributed by atoms with van der Waals surface area (Å²) in [5.41, 5.74) is 0. The molecule has 0 rings (SSSR count). The van der Waals surface area contributed by atoms with E-state index in [4.69, 9.17) is 4.74 Å². The minimum absolute atomic E-state index is 0.0290. The molecule has 0 aromatic carbocycles. The molecule has 2 nitrogen and oxygen atoms in total. The van der Waals surface area contributed by atoms with Gasteiger partial charge in [0.25, 0.3) is 0 Å². The van der Waals surface area contributed by atoms with Crippen LogP contribution in [0.4, 0.5) is 0 Å². The maximum absolute atomic E-state index is 11.9. The van der Waals surface area contributed by atoms with Crippen molar-refractivity contribution in [2.24, 2.45) is 0 Å². The fourth-order valence-corrected chi connectivity index (χ4v) is 7.32. The molecular formula is C46H92O2. The van der Waals surface area contributed by atoms with Crippen LogP contribution in [0.1, 0.15) is 284 Å². The van der Waals surface area contributed by atoms with Crippen LogP contribution in [0.3, 0.4) is 0 Å². The van der Waals surface area contributed by atoms with Crippen LogP contribution in [0.25, 0.3) is 0 Å². The molecule has 0 saturated heterocycles. The van der Waals surface area contributed by atoms with Crippen molar-refractivity contribution in [1.82, 2.24) is 0 Å². The van der Waals surface area contributed by atoms with Gasteiger partial charge in [-0.05, 0) is 12.8 Å². The summed E-state index contributed by atoms with van der Waals surface area (Å²) in [4.78, 5) is 11.9. The van der Waals surface area contributed by atoms with E-state index in [1.165, 1.54) is 250 Å². The fourth-order valence-electron chi connectivity index (χ4n) is 7.32. The molecule has 288 valence electrons.